The summed E-state index contributed by atoms with van der Waals surface area (Å²) in [7, 11) is 0. The maximum Gasteiger partial charge on any atom is 0.335 e. The van der Waals surface area contributed by atoms with E-state index in [0.717, 1.165) is 16.7 Å². The summed E-state index contributed by atoms with van der Waals surface area (Å²) >= 11 is 0.775. The zero-order chi connectivity index (χ0) is 17.3. The van der Waals surface area contributed by atoms with Gasteiger partial charge < -0.3 is 5.11 Å². The van der Waals surface area contributed by atoms with Crippen molar-refractivity contribution in [3.63, 3.8) is 0 Å². The standard InChI is InChI=1S/C17H10FNO4S/c18-12-5-7-13(8-6-12)19-15(20)14(24-17(19)23)9-10-1-3-11(4-2-10)16(21)22/h1-9H,(H,21,22). The van der Waals surface area contributed by atoms with Gasteiger partial charge in [0.25, 0.3) is 11.1 Å². The Morgan fingerprint density at radius 1 is 1.04 bits per heavy atom. The Morgan fingerprint density at radius 2 is 1.67 bits per heavy atom. The molecular weight excluding hydrogens is 333 g/mol. The first-order valence-electron chi connectivity index (χ1n) is 6.82. The fraction of sp³-hybridized carbons (Fsp3) is 0. The van der Waals surface area contributed by atoms with Crippen LogP contribution in [-0.2, 0) is 4.79 Å². The first-order chi connectivity index (χ1) is 11.5. The zero-order valence-corrected chi connectivity index (χ0v) is 12.9. The van der Waals surface area contributed by atoms with Crippen molar-refractivity contribution in [2.75, 3.05) is 4.90 Å². The first kappa shape index (κ1) is 15.9. The molecule has 0 spiro atoms. The summed E-state index contributed by atoms with van der Waals surface area (Å²) in [5.74, 6) is -2.00. The van der Waals surface area contributed by atoms with Gasteiger partial charge in [-0.2, -0.15) is 0 Å². The monoisotopic (exact) mass is 343 g/mol. The van der Waals surface area contributed by atoms with Crippen LogP contribution >= 0.6 is 11.8 Å². The van der Waals surface area contributed by atoms with E-state index in [2.05, 4.69) is 0 Å². The molecule has 1 aliphatic rings. The third-order valence-corrected chi connectivity index (χ3v) is 4.20. The van der Waals surface area contributed by atoms with Crippen molar-refractivity contribution in [3.05, 3.63) is 70.4 Å². The molecule has 0 atom stereocenters. The van der Waals surface area contributed by atoms with Crippen LogP contribution in [0.1, 0.15) is 15.9 Å². The number of imide groups is 1. The Kier molecular flexibility index (Phi) is 4.18. The summed E-state index contributed by atoms with van der Waals surface area (Å²) in [5, 5.41) is 8.39. The quantitative estimate of drug-likeness (QED) is 0.859. The normalized spacial score (nSPS) is 16.0. The molecule has 2 amide bonds. The SMILES string of the molecule is O=C(O)c1ccc(C=C2SC(=O)N(c3ccc(F)cc3)C2=O)cc1. The summed E-state index contributed by atoms with van der Waals surface area (Å²) in [6.07, 6.45) is 1.51. The summed E-state index contributed by atoms with van der Waals surface area (Å²) < 4.78 is 13.0. The Bertz CT molecular complexity index is 859. The lowest BCUT2D eigenvalue weighted by Gasteiger charge is -2.11. The van der Waals surface area contributed by atoms with Gasteiger partial charge in [-0.05, 0) is 59.8 Å². The van der Waals surface area contributed by atoms with Gasteiger partial charge in [0.2, 0.25) is 0 Å². The highest BCUT2D eigenvalue weighted by molar-refractivity contribution is 8.19. The van der Waals surface area contributed by atoms with Crippen molar-refractivity contribution >= 4 is 40.6 Å². The maximum atomic E-state index is 13.0. The molecule has 1 heterocycles. The number of nitrogens with zero attached hydrogens (tertiary/aromatic N) is 1. The predicted octanol–water partition coefficient (Wildman–Crippen LogP) is 3.76. The van der Waals surface area contributed by atoms with Gasteiger partial charge in [0.05, 0.1) is 16.2 Å². The number of benzene rings is 2. The first-order valence-corrected chi connectivity index (χ1v) is 7.64. The molecule has 1 aliphatic heterocycles. The van der Waals surface area contributed by atoms with Crippen molar-refractivity contribution in [2.45, 2.75) is 0 Å². The number of carboxylic acids is 1. The number of amides is 2. The molecule has 3 rings (SSSR count). The summed E-state index contributed by atoms with van der Waals surface area (Å²) in [6.45, 7) is 0. The number of carbonyl (C=O) groups excluding carboxylic acids is 2. The minimum absolute atomic E-state index is 0.131. The molecule has 1 N–H and O–H groups in total. The Balaban J connectivity index is 1.87. The third-order valence-electron chi connectivity index (χ3n) is 3.33. The Labute approximate surface area is 140 Å². The van der Waals surface area contributed by atoms with Crippen LogP contribution in [-0.4, -0.2) is 22.2 Å². The van der Waals surface area contributed by atoms with Gasteiger partial charge in [0, 0.05) is 0 Å². The molecular formula is C17H10FNO4S. The van der Waals surface area contributed by atoms with Crippen molar-refractivity contribution in [1.29, 1.82) is 0 Å². The molecule has 5 nitrogen and oxygen atoms in total. The van der Waals surface area contributed by atoms with E-state index in [1.54, 1.807) is 12.1 Å². The van der Waals surface area contributed by atoms with Crippen LogP contribution < -0.4 is 4.90 Å². The number of anilines is 1. The summed E-state index contributed by atoms with van der Waals surface area (Å²) in [6, 6.07) is 11.0. The van der Waals surface area contributed by atoms with Crippen molar-refractivity contribution in [2.24, 2.45) is 0 Å². The second-order valence-electron chi connectivity index (χ2n) is 4.92. The van der Waals surface area contributed by atoms with E-state index >= 15 is 0 Å². The fourth-order valence-electron chi connectivity index (χ4n) is 2.15. The molecule has 0 bridgehead atoms. The second kappa shape index (κ2) is 6.29. The lowest BCUT2D eigenvalue weighted by atomic mass is 10.1. The smallest absolute Gasteiger partial charge is 0.335 e. The molecule has 7 heteroatoms. The topological polar surface area (TPSA) is 74.7 Å². The van der Waals surface area contributed by atoms with Crippen molar-refractivity contribution in [1.82, 2.24) is 0 Å². The van der Waals surface area contributed by atoms with Gasteiger partial charge in [0.15, 0.2) is 0 Å². The highest BCUT2D eigenvalue weighted by Gasteiger charge is 2.36. The second-order valence-corrected chi connectivity index (χ2v) is 5.91. The van der Waals surface area contributed by atoms with Gasteiger partial charge in [-0.3, -0.25) is 9.59 Å². The van der Waals surface area contributed by atoms with E-state index in [-0.39, 0.29) is 10.5 Å². The lowest BCUT2D eigenvalue weighted by molar-refractivity contribution is -0.113. The van der Waals surface area contributed by atoms with Gasteiger partial charge in [-0.15, -0.1) is 0 Å². The van der Waals surface area contributed by atoms with Crippen LogP contribution in [0.5, 0.6) is 0 Å². The van der Waals surface area contributed by atoms with Gasteiger partial charge in [-0.25, -0.2) is 14.1 Å². The van der Waals surface area contributed by atoms with Crippen molar-refractivity contribution in [3.8, 4) is 0 Å². The van der Waals surface area contributed by atoms with Crippen LogP contribution in [0.2, 0.25) is 0 Å². The number of thioether (sulfide) groups is 1. The van der Waals surface area contributed by atoms with E-state index in [1.165, 1.54) is 42.5 Å². The molecule has 2 aromatic rings. The number of carbonyl (C=O) groups is 3. The third kappa shape index (κ3) is 3.07. The van der Waals surface area contributed by atoms with E-state index < -0.39 is 22.9 Å². The minimum Gasteiger partial charge on any atom is -0.478 e. The Hall–Kier alpha value is -2.93. The Morgan fingerprint density at radius 3 is 2.25 bits per heavy atom. The van der Waals surface area contributed by atoms with Crippen LogP contribution in [0.15, 0.2) is 53.4 Å². The van der Waals surface area contributed by atoms with Crippen molar-refractivity contribution < 1.29 is 23.9 Å². The van der Waals surface area contributed by atoms with E-state index in [4.69, 9.17) is 5.11 Å². The largest absolute Gasteiger partial charge is 0.478 e. The van der Waals surface area contributed by atoms with Crippen LogP contribution in [0.25, 0.3) is 6.08 Å². The molecule has 120 valence electrons. The average molecular weight is 343 g/mol. The number of halogens is 1. The van der Waals surface area contributed by atoms with E-state index in [0.29, 0.717) is 11.3 Å². The zero-order valence-electron chi connectivity index (χ0n) is 12.1. The maximum absolute atomic E-state index is 13.0. The van der Waals surface area contributed by atoms with E-state index in [1.807, 2.05) is 0 Å². The lowest BCUT2D eigenvalue weighted by Crippen LogP contribution is -2.27. The molecule has 0 radical (unpaired) electrons. The highest BCUT2D eigenvalue weighted by Crippen LogP contribution is 2.35. The number of rotatable bonds is 3. The number of carboxylic acid groups (broad SMARTS) is 1. The van der Waals surface area contributed by atoms with Crippen LogP contribution in [0, 0.1) is 5.82 Å². The average Bonchev–Trinajstić information content (AvgIpc) is 2.83. The van der Waals surface area contributed by atoms with Gasteiger partial charge in [0.1, 0.15) is 5.82 Å². The molecule has 0 unspecified atom stereocenters. The van der Waals surface area contributed by atoms with E-state index in [9.17, 15) is 18.8 Å². The molecule has 1 saturated heterocycles. The highest BCUT2D eigenvalue weighted by atomic mass is 32.2. The molecule has 0 aromatic heterocycles. The summed E-state index contributed by atoms with van der Waals surface area (Å²) in [5.41, 5.74) is 1.03. The number of aromatic carboxylic acids is 1. The molecule has 24 heavy (non-hydrogen) atoms. The molecule has 0 saturated carbocycles. The van der Waals surface area contributed by atoms with Gasteiger partial charge in [-0.1, -0.05) is 12.1 Å². The summed E-state index contributed by atoms with van der Waals surface area (Å²) in [4.78, 5) is 36.5. The fourth-order valence-corrected chi connectivity index (χ4v) is 3.00. The number of hydrogen-bond acceptors (Lipinski definition) is 4. The minimum atomic E-state index is -1.04. The predicted molar refractivity (Wildman–Crippen MR) is 88.3 cm³/mol. The number of hydrogen-bond donors (Lipinski definition) is 1. The van der Waals surface area contributed by atoms with Crippen LogP contribution in [0.3, 0.4) is 0 Å². The molecule has 0 aliphatic carbocycles. The van der Waals surface area contributed by atoms with Crippen LogP contribution in [0.4, 0.5) is 14.9 Å². The van der Waals surface area contributed by atoms with Gasteiger partial charge >= 0.3 is 5.97 Å². The molecule has 1 fully saturated rings. The molecule has 2 aromatic carbocycles.